The van der Waals surface area contributed by atoms with Gasteiger partial charge in [0.25, 0.3) is 0 Å². The summed E-state index contributed by atoms with van der Waals surface area (Å²) in [6.07, 6.45) is 5.96. The summed E-state index contributed by atoms with van der Waals surface area (Å²) in [5.41, 5.74) is 4.69. The van der Waals surface area contributed by atoms with Gasteiger partial charge in [0.05, 0.1) is 13.0 Å². The lowest BCUT2D eigenvalue weighted by atomic mass is 9.59. The highest BCUT2D eigenvalue weighted by Gasteiger charge is 2.53. The molecule has 2 aliphatic heterocycles. The van der Waals surface area contributed by atoms with Gasteiger partial charge in [0.15, 0.2) is 0 Å². The number of carbonyl (C=O) groups is 1. The van der Waals surface area contributed by atoms with Crippen LogP contribution in [-0.2, 0) is 9.53 Å². The molecule has 4 atom stereocenters. The molecular weight excluding hydrogens is 388 g/mol. The van der Waals surface area contributed by atoms with Gasteiger partial charge in [0, 0.05) is 50.4 Å². The summed E-state index contributed by atoms with van der Waals surface area (Å²) in [5, 5.41) is 0. The van der Waals surface area contributed by atoms with Gasteiger partial charge in [-0.2, -0.15) is 0 Å². The molecule has 0 aromatic heterocycles. The maximum atomic E-state index is 12.9. The minimum Gasteiger partial charge on any atom is -0.497 e. The first-order chi connectivity index (χ1) is 15.0. The molecule has 0 N–H and O–H groups in total. The van der Waals surface area contributed by atoms with Crippen molar-refractivity contribution >= 4 is 11.7 Å². The lowest BCUT2D eigenvalue weighted by molar-refractivity contribution is -0.145. The smallest absolute Gasteiger partial charge is 0.310 e. The number of ether oxygens (including phenoxy) is 2. The molecule has 2 aliphatic carbocycles. The summed E-state index contributed by atoms with van der Waals surface area (Å²) in [7, 11) is 1.71. The van der Waals surface area contributed by atoms with E-state index >= 15 is 0 Å². The zero-order valence-corrected chi connectivity index (χ0v) is 19.2. The van der Waals surface area contributed by atoms with E-state index in [1.54, 1.807) is 18.3 Å². The topological polar surface area (TPSA) is 42.0 Å². The number of nitrogens with zero attached hydrogens (tertiary/aromatic N) is 2. The second kappa shape index (κ2) is 8.16. The van der Waals surface area contributed by atoms with Crippen molar-refractivity contribution in [2.45, 2.75) is 52.1 Å². The van der Waals surface area contributed by atoms with Crippen molar-refractivity contribution in [3.8, 4) is 5.75 Å². The van der Waals surface area contributed by atoms with Crippen LogP contribution >= 0.6 is 0 Å². The molecule has 3 fully saturated rings. The van der Waals surface area contributed by atoms with Gasteiger partial charge in [-0.1, -0.05) is 24.1 Å². The van der Waals surface area contributed by atoms with Gasteiger partial charge in [0.1, 0.15) is 11.9 Å². The van der Waals surface area contributed by atoms with Crippen LogP contribution in [0.5, 0.6) is 5.75 Å². The van der Waals surface area contributed by atoms with Crippen molar-refractivity contribution in [3.05, 3.63) is 35.4 Å². The van der Waals surface area contributed by atoms with E-state index in [0.29, 0.717) is 5.92 Å². The molecule has 5 heteroatoms. The normalized spacial score (nSPS) is 33.7. The van der Waals surface area contributed by atoms with Crippen LogP contribution in [-0.4, -0.2) is 56.8 Å². The maximum Gasteiger partial charge on any atom is 0.310 e. The van der Waals surface area contributed by atoms with E-state index in [-0.39, 0.29) is 23.4 Å². The Balaban J connectivity index is 1.23. The molecule has 2 heterocycles. The molecule has 1 aromatic carbocycles. The van der Waals surface area contributed by atoms with E-state index in [2.05, 4.69) is 35.8 Å². The van der Waals surface area contributed by atoms with Gasteiger partial charge in [-0.25, -0.2) is 0 Å². The quantitative estimate of drug-likeness (QED) is 0.533. The van der Waals surface area contributed by atoms with Crippen LogP contribution in [0.4, 0.5) is 5.69 Å². The first-order valence-electron chi connectivity index (χ1n) is 12.0. The number of anilines is 1. The zero-order valence-electron chi connectivity index (χ0n) is 19.2. The van der Waals surface area contributed by atoms with Gasteiger partial charge in [0.2, 0.25) is 0 Å². The van der Waals surface area contributed by atoms with Crippen molar-refractivity contribution in [3.63, 3.8) is 0 Å². The van der Waals surface area contributed by atoms with E-state index in [1.165, 1.54) is 24.9 Å². The molecule has 0 unspecified atom stereocenters. The number of carbonyl (C=O) groups excluding carboxylic acids is 1. The highest BCUT2D eigenvalue weighted by Crippen LogP contribution is 2.55. The highest BCUT2D eigenvalue weighted by atomic mass is 16.6. The van der Waals surface area contributed by atoms with Crippen LogP contribution in [0.25, 0.3) is 0 Å². The number of rotatable bonds is 4. The van der Waals surface area contributed by atoms with E-state index in [4.69, 9.17) is 9.47 Å². The van der Waals surface area contributed by atoms with E-state index in [1.807, 2.05) is 12.1 Å². The van der Waals surface area contributed by atoms with Crippen molar-refractivity contribution in [1.82, 2.24) is 4.90 Å². The molecule has 5 rings (SSSR count). The summed E-state index contributed by atoms with van der Waals surface area (Å²) in [6.45, 7) is 9.49. The summed E-state index contributed by atoms with van der Waals surface area (Å²) < 4.78 is 11.4. The SMILES string of the molecule is COc1cccc(N2CCN(C[C@@H]3C(=O)O[C@@H]4C[C@@]5(C)CCCC(C)=C5C[C@H]34)CC2)c1. The molecule has 1 saturated carbocycles. The fourth-order valence-electron chi connectivity index (χ4n) is 6.59. The van der Waals surface area contributed by atoms with E-state index in [9.17, 15) is 4.79 Å². The Bertz CT molecular complexity index is 873. The fourth-order valence-corrected chi connectivity index (χ4v) is 6.59. The first kappa shape index (κ1) is 20.9. The van der Waals surface area contributed by atoms with Gasteiger partial charge < -0.3 is 14.4 Å². The van der Waals surface area contributed by atoms with Gasteiger partial charge in [-0.05, 0) is 56.6 Å². The number of hydrogen-bond acceptors (Lipinski definition) is 5. The molecule has 0 radical (unpaired) electrons. The second-order valence-corrected chi connectivity index (χ2v) is 10.3. The molecule has 1 aromatic rings. The Hall–Kier alpha value is -2.01. The predicted molar refractivity (Wildman–Crippen MR) is 122 cm³/mol. The molecule has 0 bridgehead atoms. The lowest BCUT2D eigenvalue weighted by Gasteiger charge is -2.46. The number of benzene rings is 1. The number of methoxy groups -OCH3 is 1. The third-order valence-corrected chi connectivity index (χ3v) is 8.43. The molecule has 31 heavy (non-hydrogen) atoms. The van der Waals surface area contributed by atoms with Crippen molar-refractivity contribution in [2.24, 2.45) is 17.3 Å². The standard InChI is InChI=1S/C26H36N2O3/c1-18-6-5-9-26(2)16-24-21(15-23(18)26)22(25(29)31-24)17-27-10-12-28(13-11-27)19-7-4-8-20(14-19)30-3/h4,7-8,14,21-22,24H,5-6,9-13,15-17H2,1-3H3/t21-,22+,24-,26-/m1/s1. The lowest BCUT2D eigenvalue weighted by Crippen LogP contribution is -2.49. The summed E-state index contributed by atoms with van der Waals surface area (Å²) >= 11 is 0. The van der Waals surface area contributed by atoms with Crippen LogP contribution in [0.3, 0.4) is 0 Å². The van der Waals surface area contributed by atoms with Crippen LogP contribution in [0.1, 0.15) is 46.0 Å². The molecule has 2 saturated heterocycles. The summed E-state index contributed by atoms with van der Waals surface area (Å²) in [4.78, 5) is 17.8. The van der Waals surface area contributed by atoms with E-state index < -0.39 is 0 Å². The Kier molecular flexibility index (Phi) is 5.49. The Labute approximate surface area is 186 Å². The molecular formula is C26H36N2O3. The first-order valence-corrected chi connectivity index (χ1v) is 12.0. The highest BCUT2D eigenvalue weighted by molar-refractivity contribution is 5.76. The van der Waals surface area contributed by atoms with Gasteiger partial charge in [-0.15, -0.1) is 0 Å². The van der Waals surface area contributed by atoms with Crippen molar-refractivity contribution < 1.29 is 14.3 Å². The number of esters is 1. The fraction of sp³-hybridized carbons (Fsp3) is 0.654. The molecule has 0 spiro atoms. The third-order valence-electron chi connectivity index (χ3n) is 8.43. The summed E-state index contributed by atoms with van der Waals surface area (Å²) in [6, 6.07) is 8.29. The van der Waals surface area contributed by atoms with Crippen LogP contribution < -0.4 is 9.64 Å². The molecule has 5 nitrogen and oxygen atoms in total. The minimum absolute atomic E-state index is 0.0279. The van der Waals surface area contributed by atoms with Crippen molar-refractivity contribution in [1.29, 1.82) is 0 Å². The number of fused-ring (bicyclic) bond motifs is 2. The molecule has 0 amide bonds. The zero-order chi connectivity index (χ0) is 21.6. The monoisotopic (exact) mass is 424 g/mol. The van der Waals surface area contributed by atoms with Crippen LogP contribution in [0, 0.1) is 17.3 Å². The average molecular weight is 425 g/mol. The largest absolute Gasteiger partial charge is 0.497 e. The maximum absolute atomic E-state index is 12.9. The predicted octanol–water partition coefficient (Wildman–Crippen LogP) is 4.28. The van der Waals surface area contributed by atoms with Crippen LogP contribution in [0.2, 0.25) is 0 Å². The molecule has 4 aliphatic rings. The summed E-state index contributed by atoms with van der Waals surface area (Å²) in [5.74, 6) is 1.34. The minimum atomic E-state index is 0.0279. The average Bonchev–Trinajstić information content (AvgIpc) is 3.06. The second-order valence-electron chi connectivity index (χ2n) is 10.3. The Morgan fingerprint density at radius 1 is 1.23 bits per heavy atom. The third kappa shape index (κ3) is 3.86. The number of piperazine rings is 1. The number of hydrogen-bond donors (Lipinski definition) is 0. The van der Waals surface area contributed by atoms with E-state index in [0.717, 1.165) is 51.3 Å². The van der Waals surface area contributed by atoms with Gasteiger partial charge >= 0.3 is 5.97 Å². The molecule has 168 valence electrons. The Morgan fingerprint density at radius 3 is 2.81 bits per heavy atom. The van der Waals surface area contributed by atoms with Crippen LogP contribution in [0.15, 0.2) is 35.4 Å². The van der Waals surface area contributed by atoms with Crippen molar-refractivity contribution in [2.75, 3.05) is 44.7 Å². The van der Waals surface area contributed by atoms with Gasteiger partial charge in [-0.3, -0.25) is 9.69 Å². The Morgan fingerprint density at radius 2 is 2.03 bits per heavy atom. The number of allylic oxidation sites excluding steroid dienone is 2.